The maximum absolute atomic E-state index is 11.9. The highest BCUT2D eigenvalue weighted by Gasteiger charge is 2.32. The monoisotopic (exact) mass is 251 g/mol. The van der Waals surface area contributed by atoms with E-state index in [-0.39, 0.29) is 29.9 Å². The van der Waals surface area contributed by atoms with Crippen LogP contribution in [0.25, 0.3) is 0 Å². The topological polar surface area (TPSA) is 107 Å². The van der Waals surface area contributed by atoms with Gasteiger partial charge in [-0.2, -0.15) is 0 Å². The van der Waals surface area contributed by atoms with Gasteiger partial charge in [-0.25, -0.2) is 0 Å². The largest absolute Gasteiger partial charge is 0.379 e. The third-order valence-electron chi connectivity index (χ3n) is 2.82. The van der Waals surface area contributed by atoms with Gasteiger partial charge in [0.2, 0.25) is 5.91 Å². The number of nitrogens with one attached hydrogen (secondary N) is 1. The summed E-state index contributed by atoms with van der Waals surface area (Å²) in [6, 6.07) is 5.61. The van der Waals surface area contributed by atoms with Crippen LogP contribution < -0.4 is 11.1 Å². The molecule has 1 fully saturated rings. The number of hydrogen-bond donors (Lipinski definition) is 2. The van der Waals surface area contributed by atoms with E-state index in [9.17, 15) is 14.9 Å². The van der Waals surface area contributed by atoms with Gasteiger partial charge in [0, 0.05) is 12.1 Å². The van der Waals surface area contributed by atoms with Crippen molar-refractivity contribution >= 4 is 17.3 Å². The Hall–Kier alpha value is -1.99. The number of carbonyl (C=O) groups excluding carboxylic acids is 1. The van der Waals surface area contributed by atoms with Crippen LogP contribution in [0.2, 0.25) is 0 Å². The minimum Gasteiger partial charge on any atom is -0.379 e. The molecule has 1 heterocycles. The van der Waals surface area contributed by atoms with Crippen molar-refractivity contribution in [2.75, 3.05) is 18.5 Å². The highest BCUT2D eigenvalue weighted by molar-refractivity contribution is 5.95. The zero-order chi connectivity index (χ0) is 13.1. The SMILES string of the molecule is NC1COCC1C(=O)Nc1ccccc1[N+](=O)[O-]. The molecule has 1 amide bonds. The van der Waals surface area contributed by atoms with Crippen molar-refractivity contribution in [1.82, 2.24) is 0 Å². The zero-order valence-electron chi connectivity index (χ0n) is 9.54. The fourth-order valence-electron chi connectivity index (χ4n) is 1.80. The van der Waals surface area contributed by atoms with E-state index in [0.29, 0.717) is 6.61 Å². The Balaban J connectivity index is 2.14. The number of benzene rings is 1. The second kappa shape index (κ2) is 5.11. The van der Waals surface area contributed by atoms with E-state index in [1.54, 1.807) is 6.07 Å². The van der Waals surface area contributed by atoms with Crippen LogP contribution in [-0.4, -0.2) is 30.1 Å². The predicted molar refractivity (Wildman–Crippen MR) is 64.0 cm³/mol. The minimum atomic E-state index is -0.541. The molecule has 1 aromatic carbocycles. The molecule has 3 N–H and O–H groups in total. The van der Waals surface area contributed by atoms with E-state index < -0.39 is 10.8 Å². The normalized spacial score (nSPS) is 22.7. The van der Waals surface area contributed by atoms with Crippen LogP contribution in [0, 0.1) is 16.0 Å². The average molecular weight is 251 g/mol. The van der Waals surface area contributed by atoms with Crippen molar-refractivity contribution in [2.24, 2.45) is 11.7 Å². The Morgan fingerprint density at radius 2 is 2.17 bits per heavy atom. The van der Waals surface area contributed by atoms with Crippen LogP contribution >= 0.6 is 0 Å². The molecule has 7 heteroatoms. The zero-order valence-corrected chi connectivity index (χ0v) is 9.54. The lowest BCUT2D eigenvalue weighted by Gasteiger charge is -2.13. The Kier molecular flexibility index (Phi) is 3.54. The molecule has 0 aliphatic carbocycles. The van der Waals surface area contributed by atoms with Gasteiger partial charge in [-0.3, -0.25) is 14.9 Å². The van der Waals surface area contributed by atoms with E-state index in [2.05, 4.69) is 5.32 Å². The smallest absolute Gasteiger partial charge is 0.292 e. The number of hydrogen-bond acceptors (Lipinski definition) is 5. The summed E-state index contributed by atoms with van der Waals surface area (Å²) < 4.78 is 5.09. The molecule has 7 nitrogen and oxygen atoms in total. The van der Waals surface area contributed by atoms with Crippen molar-refractivity contribution in [1.29, 1.82) is 0 Å². The molecule has 1 aliphatic heterocycles. The summed E-state index contributed by atoms with van der Waals surface area (Å²) in [6.07, 6.45) is 0. The maximum atomic E-state index is 11.9. The number of rotatable bonds is 3. The summed E-state index contributed by atoms with van der Waals surface area (Å²) in [4.78, 5) is 22.2. The number of para-hydroxylation sites is 2. The summed E-state index contributed by atoms with van der Waals surface area (Å²) in [6.45, 7) is 0.572. The maximum Gasteiger partial charge on any atom is 0.292 e. The second-order valence-electron chi connectivity index (χ2n) is 4.07. The lowest BCUT2D eigenvalue weighted by atomic mass is 10.0. The van der Waals surface area contributed by atoms with Crippen LogP contribution in [0.4, 0.5) is 11.4 Å². The van der Waals surface area contributed by atoms with Gasteiger partial charge >= 0.3 is 0 Å². The second-order valence-corrected chi connectivity index (χ2v) is 4.07. The molecule has 0 saturated carbocycles. The first-order valence-electron chi connectivity index (χ1n) is 5.47. The number of carbonyl (C=O) groups is 1. The Labute approximate surface area is 103 Å². The number of anilines is 1. The predicted octanol–water partition coefficient (Wildman–Crippen LogP) is 0.507. The molecule has 1 aromatic rings. The molecular formula is C11H13N3O4. The fourth-order valence-corrected chi connectivity index (χ4v) is 1.80. The number of nitrogens with zero attached hydrogens (tertiary/aromatic N) is 1. The molecule has 0 bridgehead atoms. The fraction of sp³-hybridized carbons (Fsp3) is 0.364. The van der Waals surface area contributed by atoms with E-state index in [4.69, 9.17) is 10.5 Å². The molecule has 1 saturated heterocycles. The molecule has 2 atom stereocenters. The van der Waals surface area contributed by atoms with Crippen LogP contribution in [-0.2, 0) is 9.53 Å². The van der Waals surface area contributed by atoms with E-state index in [1.165, 1.54) is 18.2 Å². The van der Waals surface area contributed by atoms with E-state index >= 15 is 0 Å². The average Bonchev–Trinajstić information content (AvgIpc) is 2.76. The highest BCUT2D eigenvalue weighted by Crippen LogP contribution is 2.24. The van der Waals surface area contributed by atoms with Gasteiger partial charge in [0.15, 0.2) is 0 Å². The van der Waals surface area contributed by atoms with Gasteiger partial charge in [-0.1, -0.05) is 12.1 Å². The van der Waals surface area contributed by atoms with Crippen LogP contribution in [0.3, 0.4) is 0 Å². The van der Waals surface area contributed by atoms with Crippen molar-refractivity contribution in [2.45, 2.75) is 6.04 Å². The summed E-state index contributed by atoms with van der Waals surface area (Å²) >= 11 is 0. The van der Waals surface area contributed by atoms with Crippen LogP contribution in [0.15, 0.2) is 24.3 Å². The third kappa shape index (κ3) is 2.47. The number of nitrogens with two attached hydrogens (primary N) is 1. The molecule has 18 heavy (non-hydrogen) atoms. The molecule has 96 valence electrons. The quantitative estimate of drug-likeness (QED) is 0.601. The van der Waals surface area contributed by atoms with Crippen LogP contribution in [0.5, 0.6) is 0 Å². The molecule has 0 spiro atoms. The van der Waals surface area contributed by atoms with Crippen molar-refractivity contribution in [3.8, 4) is 0 Å². The highest BCUT2D eigenvalue weighted by atomic mass is 16.6. The van der Waals surface area contributed by atoms with E-state index in [0.717, 1.165) is 0 Å². The summed E-state index contributed by atoms with van der Waals surface area (Å²) in [5.41, 5.74) is 5.74. The summed E-state index contributed by atoms with van der Waals surface area (Å²) in [5, 5.41) is 13.3. The van der Waals surface area contributed by atoms with Gasteiger partial charge in [-0.15, -0.1) is 0 Å². The van der Waals surface area contributed by atoms with Gasteiger partial charge in [0.05, 0.1) is 24.1 Å². The molecule has 2 unspecified atom stereocenters. The minimum absolute atomic E-state index is 0.140. The number of nitro groups is 1. The van der Waals surface area contributed by atoms with Crippen molar-refractivity contribution in [3.05, 3.63) is 34.4 Å². The number of nitro benzene ring substituents is 1. The molecular weight excluding hydrogens is 238 g/mol. The van der Waals surface area contributed by atoms with Gasteiger partial charge < -0.3 is 15.8 Å². The van der Waals surface area contributed by atoms with Crippen molar-refractivity contribution in [3.63, 3.8) is 0 Å². The summed E-state index contributed by atoms with van der Waals surface area (Å²) in [7, 11) is 0. The van der Waals surface area contributed by atoms with Gasteiger partial charge in [0.1, 0.15) is 5.69 Å². The lowest BCUT2D eigenvalue weighted by molar-refractivity contribution is -0.383. The lowest BCUT2D eigenvalue weighted by Crippen LogP contribution is -2.37. The molecule has 1 aliphatic rings. The van der Waals surface area contributed by atoms with E-state index in [1.807, 2.05) is 0 Å². The first-order chi connectivity index (χ1) is 8.59. The summed E-state index contributed by atoms with van der Waals surface area (Å²) in [5.74, 6) is -0.820. The number of amides is 1. The first-order valence-corrected chi connectivity index (χ1v) is 5.47. The first kappa shape index (κ1) is 12.5. The molecule has 2 rings (SSSR count). The standard InChI is InChI=1S/C11H13N3O4/c12-8-6-18-5-7(8)11(15)13-9-3-1-2-4-10(9)14(16)17/h1-4,7-8H,5-6,12H2,(H,13,15). The Morgan fingerprint density at radius 3 is 2.78 bits per heavy atom. The van der Waals surface area contributed by atoms with Gasteiger partial charge in [-0.05, 0) is 6.07 Å². The third-order valence-corrected chi connectivity index (χ3v) is 2.82. The van der Waals surface area contributed by atoms with Crippen LogP contribution in [0.1, 0.15) is 0 Å². The Morgan fingerprint density at radius 1 is 1.44 bits per heavy atom. The molecule has 0 radical (unpaired) electrons. The molecule has 0 aromatic heterocycles. The van der Waals surface area contributed by atoms with Gasteiger partial charge in [0.25, 0.3) is 5.69 Å². The van der Waals surface area contributed by atoms with Crippen molar-refractivity contribution < 1.29 is 14.5 Å². The Bertz CT molecular complexity index is 477. The number of ether oxygens (including phenoxy) is 1.